The van der Waals surface area contributed by atoms with E-state index in [-0.39, 0.29) is 16.9 Å². The second-order valence-electron chi connectivity index (χ2n) is 6.40. The smallest absolute Gasteiger partial charge is 0.263 e. The van der Waals surface area contributed by atoms with E-state index in [2.05, 4.69) is 5.32 Å². The highest BCUT2D eigenvalue weighted by molar-refractivity contribution is 7.09. The predicted molar refractivity (Wildman–Crippen MR) is 112 cm³/mol. The molecule has 2 N–H and O–H groups in total. The van der Waals surface area contributed by atoms with Gasteiger partial charge in [-0.05, 0) is 59.7 Å². The molecular weight excluding hydrogens is 372 g/mol. The molecule has 2 aromatic heterocycles. The van der Waals surface area contributed by atoms with E-state index in [0.717, 1.165) is 17.3 Å². The van der Waals surface area contributed by atoms with Crippen molar-refractivity contribution < 1.29 is 9.90 Å². The Balaban J connectivity index is 1.71. The van der Waals surface area contributed by atoms with Gasteiger partial charge in [0.25, 0.3) is 11.5 Å². The highest BCUT2D eigenvalue weighted by Crippen LogP contribution is 2.18. The third kappa shape index (κ3) is 3.68. The number of phenols is 1. The zero-order valence-corrected chi connectivity index (χ0v) is 15.8. The number of aromatic nitrogens is 1. The number of hydrogen-bond donors (Lipinski definition) is 2. The number of hydrogen-bond acceptors (Lipinski definition) is 4. The van der Waals surface area contributed by atoms with Gasteiger partial charge in [-0.2, -0.15) is 0 Å². The third-order valence-electron chi connectivity index (χ3n) is 4.53. The minimum Gasteiger partial charge on any atom is -0.508 e. The van der Waals surface area contributed by atoms with Gasteiger partial charge in [-0.1, -0.05) is 24.3 Å². The van der Waals surface area contributed by atoms with Crippen LogP contribution in [0, 0.1) is 0 Å². The summed E-state index contributed by atoms with van der Waals surface area (Å²) in [5, 5.41) is 15.0. The lowest BCUT2D eigenvalue weighted by molar-refractivity contribution is 0.102. The SMILES string of the molecule is O=C(Nc1ccc(O)cc1)c1cc2ccccc2n(CCc2cccs2)c1=O. The van der Waals surface area contributed by atoms with E-state index >= 15 is 0 Å². The summed E-state index contributed by atoms with van der Waals surface area (Å²) in [7, 11) is 0. The molecule has 6 heteroatoms. The van der Waals surface area contributed by atoms with Crippen LogP contribution in [0.3, 0.4) is 0 Å². The summed E-state index contributed by atoms with van der Waals surface area (Å²) >= 11 is 1.65. The van der Waals surface area contributed by atoms with Crippen molar-refractivity contribution in [3.63, 3.8) is 0 Å². The van der Waals surface area contributed by atoms with Gasteiger partial charge in [-0.25, -0.2) is 0 Å². The number of carbonyl (C=O) groups excluding carboxylic acids is 1. The minimum atomic E-state index is -0.466. The maximum Gasteiger partial charge on any atom is 0.263 e. The lowest BCUT2D eigenvalue weighted by atomic mass is 10.1. The molecule has 0 unspecified atom stereocenters. The number of pyridine rings is 1. The van der Waals surface area contributed by atoms with Crippen LogP contribution in [0.25, 0.3) is 10.9 Å². The molecule has 0 saturated heterocycles. The summed E-state index contributed by atoms with van der Waals surface area (Å²) < 4.78 is 1.67. The van der Waals surface area contributed by atoms with E-state index in [0.29, 0.717) is 12.2 Å². The van der Waals surface area contributed by atoms with Crippen LogP contribution in [0.5, 0.6) is 5.75 Å². The summed E-state index contributed by atoms with van der Waals surface area (Å²) in [4.78, 5) is 27.0. The summed E-state index contributed by atoms with van der Waals surface area (Å²) in [6, 6.07) is 19.4. The van der Waals surface area contributed by atoms with E-state index in [1.54, 1.807) is 34.1 Å². The topological polar surface area (TPSA) is 71.3 Å². The number of nitrogens with zero attached hydrogens (tertiary/aromatic N) is 1. The van der Waals surface area contributed by atoms with Crippen molar-refractivity contribution in [3.8, 4) is 5.75 Å². The van der Waals surface area contributed by atoms with E-state index < -0.39 is 5.91 Å². The average molecular weight is 390 g/mol. The molecule has 4 rings (SSSR count). The highest BCUT2D eigenvalue weighted by Gasteiger charge is 2.16. The van der Waals surface area contributed by atoms with Gasteiger partial charge in [0, 0.05) is 17.1 Å². The average Bonchev–Trinajstić information content (AvgIpc) is 3.22. The van der Waals surface area contributed by atoms with Gasteiger partial charge in [0.1, 0.15) is 11.3 Å². The number of nitrogens with one attached hydrogen (secondary N) is 1. The molecule has 1 amide bonds. The van der Waals surface area contributed by atoms with Gasteiger partial charge in [0.15, 0.2) is 0 Å². The standard InChI is InChI=1S/C22H18N2O3S/c25-17-9-7-16(8-10-17)23-21(26)19-14-15-4-1-2-6-20(15)24(22(19)27)12-11-18-5-3-13-28-18/h1-10,13-14,25H,11-12H2,(H,23,26). The molecule has 0 saturated carbocycles. The Labute approximate surface area is 165 Å². The van der Waals surface area contributed by atoms with E-state index in [1.165, 1.54) is 17.0 Å². The Hall–Kier alpha value is -3.38. The van der Waals surface area contributed by atoms with Crippen molar-refractivity contribution in [1.82, 2.24) is 4.57 Å². The summed E-state index contributed by atoms with van der Waals surface area (Å²) in [5.74, 6) is -0.356. The van der Waals surface area contributed by atoms with E-state index in [9.17, 15) is 14.7 Å². The Bertz CT molecular complexity index is 1180. The minimum absolute atomic E-state index is 0.0953. The maximum absolute atomic E-state index is 13.1. The van der Waals surface area contributed by atoms with Crippen LogP contribution in [0.4, 0.5) is 5.69 Å². The summed E-state index contributed by atoms with van der Waals surface area (Å²) in [5.41, 5.74) is 1.11. The van der Waals surface area contributed by atoms with Gasteiger partial charge < -0.3 is 15.0 Å². The maximum atomic E-state index is 13.1. The van der Waals surface area contributed by atoms with Crippen molar-refractivity contribution in [2.75, 3.05) is 5.32 Å². The predicted octanol–water partition coefficient (Wildman–Crippen LogP) is 4.26. The quantitative estimate of drug-likeness (QED) is 0.500. The molecule has 28 heavy (non-hydrogen) atoms. The first-order valence-corrected chi connectivity index (χ1v) is 9.75. The van der Waals surface area contributed by atoms with Crippen LogP contribution in [0.2, 0.25) is 0 Å². The third-order valence-corrected chi connectivity index (χ3v) is 5.47. The number of phenolic OH excluding ortho intramolecular Hbond substituents is 1. The van der Waals surface area contributed by atoms with Crippen LogP contribution < -0.4 is 10.9 Å². The largest absolute Gasteiger partial charge is 0.508 e. The molecule has 0 radical (unpaired) electrons. The van der Waals surface area contributed by atoms with Gasteiger partial charge in [0.05, 0.1) is 5.52 Å². The van der Waals surface area contributed by atoms with Gasteiger partial charge in [-0.3, -0.25) is 9.59 Å². The molecule has 0 fully saturated rings. The summed E-state index contributed by atoms with van der Waals surface area (Å²) in [6.45, 7) is 0.500. The number of anilines is 1. The molecule has 0 aliphatic carbocycles. The van der Waals surface area contributed by atoms with Crippen molar-refractivity contribution >= 4 is 33.8 Å². The first kappa shape index (κ1) is 18.0. The Morgan fingerprint density at radius 3 is 2.57 bits per heavy atom. The Morgan fingerprint density at radius 2 is 1.82 bits per heavy atom. The van der Waals surface area contributed by atoms with Crippen molar-refractivity contribution in [2.45, 2.75) is 13.0 Å². The lowest BCUT2D eigenvalue weighted by Gasteiger charge is -2.13. The van der Waals surface area contributed by atoms with Gasteiger partial charge in [-0.15, -0.1) is 11.3 Å². The van der Waals surface area contributed by atoms with Crippen LogP contribution in [-0.4, -0.2) is 15.6 Å². The van der Waals surface area contributed by atoms with E-state index in [1.807, 2.05) is 41.8 Å². The zero-order chi connectivity index (χ0) is 19.5. The zero-order valence-electron chi connectivity index (χ0n) is 15.0. The van der Waals surface area contributed by atoms with Crippen LogP contribution in [0.15, 0.2) is 76.9 Å². The first-order chi connectivity index (χ1) is 13.6. The second-order valence-corrected chi connectivity index (χ2v) is 7.44. The van der Waals surface area contributed by atoms with Gasteiger partial charge >= 0.3 is 0 Å². The lowest BCUT2D eigenvalue weighted by Crippen LogP contribution is -2.30. The highest BCUT2D eigenvalue weighted by atomic mass is 32.1. The Kier molecular flexibility index (Phi) is 4.95. The van der Waals surface area contributed by atoms with Crippen LogP contribution in [0.1, 0.15) is 15.2 Å². The second kappa shape index (κ2) is 7.70. The molecule has 0 spiro atoms. The number of amides is 1. The fourth-order valence-electron chi connectivity index (χ4n) is 3.13. The molecule has 4 aromatic rings. The summed E-state index contributed by atoms with van der Waals surface area (Å²) in [6.07, 6.45) is 0.727. The van der Waals surface area contributed by atoms with Crippen molar-refractivity contribution in [3.05, 3.63) is 92.9 Å². The number of carbonyl (C=O) groups is 1. The number of fused-ring (bicyclic) bond motifs is 1. The Morgan fingerprint density at radius 1 is 1.04 bits per heavy atom. The monoisotopic (exact) mass is 390 g/mol. The van der Waals surface area contributed by atoms with Crippen LogP contribution >= 0.6 is 11.3 Å². The number of aryl methyl sites for hydroxylation is 2. The fraction of sp³-hybridized carbons (Fsp3) is 0.0909. The first-order valence-electron chi connectivity index (χ1n) is 8.87. The molecule has 5 nitrogen and oxygen atoms in total. The molecule has 0 bridgehead atoms. The number of aromatic hydroxyl groups is 1. The van der Waals surface area contributed by atoms with E-state index in [4.69, 9.17) is 0 Å². The van der Waals surface area contributed by atoms with Crippen molar-refractivity contribution in [2.24, 2.45) is 0 Å². The molecule has 0 aliphatic rings. The normalized spacial score (nSPS) is 10.9. The molecule has 140 valence electrons. The van der Waals surface area contributed by atoms with Crippen molar-refractivity contribution in [1.29, 1.82) is 0 Å². The molecule has 2 aromatic carbocycles. The molecular formula is C22H18N2O3S. The van der Waals surface area contributed by atoms with Crippen LogP contribution in [-0.2, 0) is 13.0 Å². The van der Waals surface area contributed by atoms with Gasteiger partial charge in [0.2, 0.25) is 0 Å². The number of rotatable bonds is 5. The fourth-order valence-corrected chi connectivity index (χ4v) is 3.83. The molecule has 2 heterocycles. The molecule has 0 aliphatic heterocycles. The number of benzene rings is 2. The number of para-hydroxylation sites is 1. The molecule has 0 atom stereocenters. The number of thiophene rings is 1.